The second-order valence-corrected chi connectivity index (χ2v) is 5.19. The summed E-state index contributed by atoms with van der Waals surface area (Å²) < 4.78 is 11.4. The lowest BCUT2D eigenvalue weighted by molar-refractivity contribution is 0.308. The van der Waals surface area contributed by atoms with Crippen molar-refractivity contribution in [2.24, 2.45) is 5.92 Å². The summed E-state index contributed by atoms with van der Waals surface area (Å²) in [6, 6.07) is 5.99. The average molecular weight is 275 g/mol. The van der Waals surface area contributed by atoms with Crippen LogP contribution in [0.25, 0.3) is 0 Å². The molecule has 3 nitrogen and oxygen atoms in total. The van der Waals surface area contributed by atoms with E-state index in [9.17, 15) is 0 Å². The van der Waals surface area contributed by atoms with E-state index in [4.69, 9.17) is 9.47 Å². The fourth-order valence-corrected chi connectivity index (χ4v) is 2.13. The molecule has 0 saturated heterocycles. The van der Waals surface area contributed by atoms with Gasteiger partial charge in [-0.3, -0.25) is 0 Å². The van der Waals surface area contributed by atoms with Gasteiger partial charge in [0.1, 0.15) is 18.1 Å². The molecule has 0 heterocycles. The zero-order valence-corrected chi connectivity index (χ0v) is 12.4. The van der Waals surface area contributed by atoms with Crippen LogP contribution in [-0.2, 0) is 6.42 Å². The first-order valence-corrected chi connectivity index (χ1v) is 7.53. The Morgan fingerprint density at radius 2 is 2.20 bits per heavy atom. The largest absolute Gasteiger partial charge is 0.494 e. The van der Waals surface area contributed by atoms with Crippen molar-refractivity contribution in [1.29, 1.82) is 0 Å². The molecule has 0 unspecified atom stereocenters. The summed E-state index contributed by atoms with van der Waals surface area (Å²) in [4.78, 5) is 0. The van der Waals surface area contributed by atoms with Crippen LogP contribution in [0.2, 0.25) is 0 Å². The van der Waals surface area contributed by atoms with Crippen molar-refractivity contribution in [2.45, 2.75) is 26.2 Å². The lowest BCUT2D eigenvalue weighted by Gasteiger charge is -2.13. The highest BCUT2D eigenvalue weighted by atomic mass is 16.5. The molecule has 3 heteroatoms. The van der Waals surface area contributed by atoms with Crippen LogP contribution in [0.4, 0.5) is 0 Å². The van der Waals surface area contributed by atoms with Crippen molar-refractivity contribution in [3.05, 3.63) is 36.4 Å². The summed E-state index contributed by atoms with van der Waals surface area (Å²) in [6.45, 7) is 9.20. The second kappa shape index (κ2) is 7.95. The molecule has 110 valence electrons. The quantitative estimate of drug-likeness (QED) is 0.525. The minimum Gasteiger partial charge on any atom is -0.494 e. The molecule has 1 aliphatic carbocycles. The highest BCUT2D eigenvalue weighted by Gasteiger charge is 2.19. The Balaban J connectivity index is 1.82. The number of nitrogens with one attached hydrogen (secondary N) is 1. The molecule has 1 N–H and O–H groups in total. The van der Waals surface area contributed by atoms with Crippen molar-refractivity contribution in [3.8, 4) is 11.5 Å². The van der Waals surface area contributed by atoms with Crippen LogP contribution in [-0.4, -0.2) is 26.3 Å². The zero-order chi connectivity index (χ0) is 14.2. The minimum atomic E-state index is 0.679. The van der Waals surface area contributed by atoms with E-state index in [1.165, 1.54) is 12.8 Å². The maximum absolute atomic E-state index is 5.86. The van der Waals surface area contributed by atoms with Crippen molar-refractivity contribution < 1.29 is 9.47 Å². The Morgan fingerprint density at radius 3 is 2.90 bits per heavy atom. The molecule has 0 bridgehead atoms. The molecule has 0 atom stereocenters. The number of rotatable bonds is 10. The summed E-state index contributed by atoms with van der Waals surface area (Å²) in [5.74, 6) is 2.74. The number of ether oxygens (including phenoxy) is 2. The van der Waals surface area contributed by atoms with Crippen LogP contribution in [0.5, 0.6) is 11.5 Å². The summed E-state index contributed by atoms with van der Waals surface area (Å²) in [7, 11) is 0. The lowest BCUT2D eigenvalue weighted by Crippen LogP contribution is -2.23. The topological polar surface area (TPSA) is 30.5 Å². The molecule has 1 aliphatic rings. The van der Waals surface area contributed by atoms with Gasteiger partial charge in [0.15, 0.2) is 0 Å². The molecular weight excluding hydrogens is 250 g/mol. The molecule has 20 heavy (non-hydrogen) atoms. The second-order valence-electron chi connectivity index (χ2n) is 5.19. The Kier molecular flexibility index (Phi) is 5.93. The Labute approximate surface area is 122 Å². The summed E-state index contributed by atoms with van der Waals surface area (Å²) in [5, 5.41) is 3.43. The molecule has 0 aliphatic heterocycles. The van der Waals surface area contributed by atoms with Gasteiger partial charge in [-0.05, 0) is 56.8 Å². The van der Waals surface area contributed by atoms with E-state index in [1.54, 1.807) is 0 Å². The predicted molar refractivity (Wildman–Crippen MR) is 82.6 cm³/mol. The molecular formula is C17H25NO2. The van der Waals surface area contributed by atoms with E-state index in [2.05, 4.69) is 11.9 Å². The normalized spacial score (nSPS) is 14.1. The summed E-state index contributed by atoms with van der Waals surface area (Å²) in [6.07, 6.45) is 5.46. The molecule has 0 spiro atoms. The first kappa shape index (κ1) is 14.9. The van der Waals surface area contributed by atoms with Gasteiger partial charge in [0, 0.05) is 12.1 Å². The van der Waals surface area contributed by atoms with E-state index in [0.29, 0.717) is 13.2 Å². The van der Waals surface area contributed by atoms with Gasteiger partial charge in [-0.2, -0.15) is 0 Å². The SMILES string of the molecule is C=CCc1cc(OCC)ccc1OCCNCC1CC1. The third-order valence-corrected chi connectivity index (χ3v) is 3.37. The van der Waals surface area contributed by atoms with E-state index in [1.807, 2.05) is 31.2 Å². The van der Waals surface area contributed by atoms with Crippen molar-refractivity contribution in [3.63, 3.8) is 0 Å². The molecule has 1 fully saturated rings. The van der Waals surface area contributed by atoms with Crippen molar-refractivity contribution in [2.75, 3.05) is 26.3 Å². The zero-order valence-electron chi connectivity index (χ0n) is 12.4. The van der Waals surface area contributed by atoms with E-state index < -0.39 is 0 Å². The molecule has 2 rings (SSSR count). The number of benzene rings is 1. The first-order chi connectivity index (χ1) is 9.83. The average Bonchev–Trinajstić information content (AvgIpc) is 3.25. The van der Waals surface area contributed by atoms with Gasteiger partial charge < -0.3 is 14.8 Å². The summed E-state index contributed by atoms with van der Waals surface area (Å²) >= 11 is 0. The third kappa shape index (κ3) is 4.89. The fourth-order valence-electron chi connectivity index (χ4n) is 2.13. The van der Waals surface area contributed by atoms with Crippen LogP contribution < -0.4 is 14.8 Å². The number of allylic oxidation sites excluding steroid dienone is 1. The van der Waals surface area contributed by atoms with E-state index >= 15 is 0 Å². The van der Waals surface area contributed by atoms with E-state index in [-0.39, 0.29) is 0 Å². The number of hydrogen-bond donors (Lipinski definition) is 1. The van der Waals surface area contributed by atoms with Gasteiger partial charge in [-0.15, -0.1) is 6.58 Å². The molecule has 1 saturated carbocycles. The Bertz CT molecular complexity index is 427. The van der Waals surface area contributed by atoms with Crippen LogP contribution in [0, 0.1) is 5.92 Å². The van der Waals surface area contributed by atoms with Gasteiger partial charge in [-0.1, -0.05) is 6.08 Å². The van der Waals surface area contributed by atoms with Crippen LogP contribution in [0.15, 0.2) is 30.9 Å². The Hall–Kier alpha value is -1.48. The molecule has 0 aromatic heterocycles. The highest BCUT2D eigenvalue weighted by molar-refractivity contribution is 5.41. The monoisotopic (exact) mass is 275 g/mol. The minimum absolute atomic E-state index is 0.679. The third-order valence-electron chi connectivity index (χ3n) is 3.37. The van der Waals surface area contributed by atoms with Gasteiger partial charge in [0.05, 0.1) is 6.61 Å². The van der Waals surface area contributed by atoms with Crippen molar-refractivity contribution in [1.82, 2.24) is 5.32 Å². The first-order valence-electron chi connectivity index (χ1n) is 7.53. The van der Waals surface area contributed by atoms with Gasteiger partial charge in [0.2, 0.25) is 0 Å². The van der Waals surface area contributed by atoms with Crippen LogP contribution in [0.3, 0.4) is 0 Å². The standard InChI is InChI=1S/C17H25NO2/c1-3-5-15-12-16(19-4-2)8-9-17(15)20-11-10-18-13-14-6-7-14/h3,8-9,12,14,18H,1,4-7,10-11,13H2,2H3. The predicted octanol–water partition coefficient (Wildman–Crippen LogP) is 3.19. The van der Waals surface area contributed by atoms with Gasteiger partial charge in [0.25, 0.3) is 0 Å². The van der Waals surface area contributed by atoms with Crippen molar-refractivity contribution >= 4 is 0 Å². The lowest BCUT2D eigenvalue weighted by atomic mass is 10.1. The number of hydrogen-bond acceptors (Lipinski definition) is 3. The Morgan fingerprint density at radius 1 is 1.35 bits per heavy atom. The fraction of sp³-hybridized carbons (Fsp3) is 0.529. The maximum atomic E-state index is 5.86. The molecule has 1 aromatic carbocycles. The van der Waals surface area contributed by atoms with Crippen LogP contribution >= 0.6 is 0 Å². The van der Waals surface area contributed by atoms with Gasteiger partial charge >= 0.3 is 0 Å². The maximum Gasteiger partial charge on any atom is 0.123 e. The van der Waals surface area contributed by atoms with Gasteiger partial charge in [-0.25, -0.2) is 0 Å². The molecule has 1 aromatic rings. The summed E-state index contributed by atoms with van der Waals surface area (Å²) in [5.41, 5.74) is 1.13. The smallest absolute Gasteiger partial charge is 0.123 e. The van der Waals surface area contributed by atoms with E-state index in [0.717, 1.165) is 42.5 Å². The van der Waals surface area contributed by atoms with Crippen LogP contribution in [0.1, 0.15) is 25.3 Å². The molecule has 0 amide bonds. The molecule has 0 radical (unpaired) electrons. The highest BCUT2D eigenvalue weighted by Crippen LogP contribution is 2.27.